The molecule has 3 rings (SSSR count). The highest BCUT2D eigenvalue weighted by Gasteiger charge is 2.20. The Bertz CT molecular complexity index is 1370. The Morgan fingerprint density at radius 2 is 1.42 bits per heavy atom. The predicted molar refractivity (Wildman–Crippen MR) is 131 cm³/mol. The predicted octanol–water partition coefficient (Wildman–Crippen LogP) is 5.38. The van der Waals surface area contributed by atoms with E-state index in [4.69, 9.17) is 16.3 Å². The summed E-state index contributed by atoms with van der Waals surface area (Å²) in [6, 6.07) is 15.0. The number of nitrogens with one attached hydrogen (secondary N) is 2. The van der Waals surface area contributed by atoms with E-state index in [-0.39, 0.29) is 21.4 Å². The van der Waals surface area contributed by atoms with Gasteiger partial charge in [-0.1, -0.05) is 31.5 Å². The summed E-state index contributed by atoms with van der Waals surface area (Å²) in [7, 11) is -6.24. The van der Waals surface area contributed by atoms with Crippen molar-refractivity contribution in [1.29, 1.82) is 0 Å². The van der Waals surface area contributed by atoms with Crippen molar-refractivity contribution in [3.8, 4) is 5.75 Å². The molecule has 0 unspecified atom stereocenters. The normalized spacial score (nSPS) is 11.9. The molecule has 3 aromatic rings. The third-order valence-electron chi connectivity index (χ3n) is 4.99. The van der Waals surface area contributed by atoms with Gasteiger partial charge in [0, 0.05) is 10.7 Å². The molecule has 0 heterocycles. The summed E-state index contributed by atoms with van der Waals surface area (Å²) in [6.45, 7) is 5.65. The van der Waals surface area contributed by atoms with Crippen molar-refractivity contribution < 1.29 is 21.6 Å². The molecule has 0 saturated carbocycles. The molecule has 0 atom stereocenters. The third-order valence-corrected chi connectivity index (χ3v) is 7.99. The first-order chi connectivity index (χ1) is 15.4. The molecule has 2 N–H and O–H groups in total. The van der Waals surface area contributed by atoms with Crippen LogP contribution < -0.4 is 14.2 Å². The van der Waals surface area contributed by atoms with Gasteiger partial charge in [0.15, 0.2) is 0 Å². The molecule has 0 aliphatic rings. The fraction of sp³-hybridized carbons (Fsp3) is 0.217. The number of aryl methyl sites for hydroxylation is 1. The van der Waals surface area contributed by atoms with Crippen molar-refractivity contribution in [3.05, 3.63) is 76.8 Å². The van der Waals surface area contributed by atoms with Crippen LogP contribution in [0.5, 0.6) is 5.75 Å². The molecule has 0 bridgehead atoms. The molecule has 33 heavy (non-hydrogen) atoms. The van der Waals surface area contributed by atoms with Gasteiger partial charge in [0.1, 0.15) is 5.75 Å². The molecule has 176 valence electrons. The zero-order valence-electron chi connectivity index (χ0n) is 18.6. The Balaban J connectivity index is 1.83. The highest BCUT2D eigenvalue weighted by atomic mass is 35.5. The highest BCUT2D eigenvalue weighted by Crippen LogP contribution is 2.30. The summed E-state index contributed by atoms with van der Waals surface area (Å²) >= 11 is 5.96. The summed E-state index contributed by atoms with van der Waals surface area (Å²) in [5.41, 5.74) is 2.08. The fourth-order valence-corrected chi connectivity index (χ4v) is 5.54. The van der Waals surface area contributed by atoms with Crippen molar-refractivity contribution in [2.24, 2.45) is 0 Å². The van der Waals surface area contributed by atoms with Crippen LogP contribution in [0.15, 0.2) is 70.5 Å². The maximum atomic E-state index is 12.9. The van der Waals surface area contributed by atoms with Gasteiger partial charge in [-0.2, -0.15) is 0 Å². The number of anilines is 2. The smallest absolute Gasteiger partial charge is 0.261 e. The van der Waals surface area contributed by atoms with Gasteiger partial charge < -0.3 is 4.74 Å². The number of ether oxygens (including phenoxy) is 1. The van der Waals surface area contributed by atoms with Crippen LogP contribution in [0, 0.1) is 6.92 Å². The lowest BCUT2D eigenvalue weighted by atomic mass is 10.0. The summed E-state index contributed by atoms with van der Waals surface area (Å²) < 4.78 is 61.5. The van der Waals surface area contributed by atoms with Crippen molar-refractivity contribution >= 4 is 43.0 Å². The van der Waals surface area contributed by atoms with Gasteiger partial charge in [0.05, 0.1) is 22.6 Å². The minimum Gasteiger partial charge on any atom is -0.496 e. The average molecular weight is 509 g/mol. The SMILES string of the molecule is COc1ccc(S(=O)(=O)Nc2ccc(S(=O)(=O)Nc3cc(Cl)ccc3C)cc2)cc1C(C)C. The van der Waals surface area contributed by atoms with E-state index >= 15 is 0 Å². The number of benzene rings is 3. The Morgan fingerprint density at radius 1 is 0.818 bits per heavy atom. The van der Waals surface area contributed by atoms with Crippen LogP contribution in [0.3, 0.4) is 0 Å². The van der Waals surface area contributed by atoms with Crippen LogP contribution in [-0.4, -0.2) is 23.9 Å². The molecule has 0 aromatic heterocycles. The van der Waals surface area contributed by atoms with Gasteiger partial charge in [0.25, 0.3) is 20.0 Å². The Hall–Kier alpha value is -2.75. The number of rotatable bonds is 8. The number of methoxy groups -OCH3 is 1. The van der Waals surface area contributed by atoms with Crippen LogP contribution in [0.2, 0.25) is 5.02 Å². The summed E-state index contributed by atoms with van der Waals surface area (Å²) in [4.78, 5) is 0.0677. The molecule has 7 nitrogen and oxygen atoms in total. The first-order valence-corrected chi connectivity index (χ1v) is 13.4. The molecule has 0 radical (unpaired) electrons. The molecule has 0 fully saturated rings. The average Bonchev–Trinajstić information content (AvgIpc) is 2.75. The molecule has 0 aliphatic heterocycles. The molecule has 0 amide bonds. The molecule has 0 saturated heterocycles. The molecule has 3 aromatic carbocycles. The summed E-state index contributed by atoms with van der Waals surface area (Å²) in [5, 5.41) is 0.405. The molecule has 0 spiro atoms. The van der Waals surface area contributed by atoms with E-state index in [2.05, 4.69) is 9.44 Å². The van der Waals surface area contributed by atoms with Gasteiger partial charge in [-0.15, -0.1) is 0 Å². The van der Waals surface area contributed by atoms with Crippen LogP contribution >= 0.6 is 11.6 Å². The Kier molecular flexibility index (Phi) is 7.26. The third kappa shape index (κ3) is 5.79. The second-order valence-electron chi connectivity index (χ2n) is 7.75. The number of halogens is 1. The molecular weight excluding hydrogens is 484 g/mol. The van der Waals surface area contributed by atoms with E-state index in [0.29, 0.717) is 22.0 Å². The van der Waals surface area contributed by atoms with Gasteiger partial charge >= 0.3 is 0 Å². The second kappa shape index (κ2) is 9.62. The monoisotopic (exact) mass is 508 g/mol. The quantitative estimate of drug-likeness (QED) is 0.425. The van der Waals surface area contributed by atoms with Crippen molar-refractivity contribution in [2.75, 3.05) is 16.6 Å². The fourth-order valence-electron chi connectivity index (χ4n) is 3.15. The maximum Gasteiger partial charge on any atom is 0.261 e. The van der Waals surface area contributed by atoms with E-state index in [0.717, 1.165) is 5.56 Å². The second-order valence-corrected chi connectivity index (χ2v) is 11.6. The lowest BCUT2D eigenvalue weighted by Gasteiger charge is -2.15. The topological polar surface area (TPSA) is 102 Å². The van der Waals surface area contributed by atoms with Gasteiger partial charge in [0.2, 0.25) is 0 Å². The first kappa shape index (κ1) is 24.9. The largest absolute Gasteiger partial charge is 0.496 e. The zero-order chi connectivity index (χ0) is 24.4. The lowest BCUT2D eigenvalue weighted by Crippen LogP contribution is -2.15. The van der Waals surface area contributed by atoms with Crippen molar-refractivity contribution in [3.63, 3.8) is 0 Å². The molecular formula is C23H25ClN2O5S2. The maximum absolute atomic E-state index is 12.9. The first-order valence-electron chi connectivity index (χ1n) is 10.0. The highest BCUT2D eigenvalue weighted by molar-refractivity contribution is 7.93. The van der Waals surface area contributed by atoms with Crippen LogP contribution in [-0.2, 0) is 20.0 Å². The zero-order valence-corrected chi connectivity index (χ0v) is 21.0. The van der Waals surface area contributed by atoms with Crippen molar-refractivity contribution in [2.45, 2.75) is 36.5 Å². The summed E-state index contributed by atoms with van der Waals surface area (Å²) in [6.07, 6.45) is 0. The van der Waals surface area contributed by atoms with E-state index in [1.54, 1.807) is 31.2 Å². The number of hydrogen-bond acceptors (Lipinski definition) is 5. The molecule has 0 aliphatic carbocycles. The van der Waals surface area contributed by atoms with Crippen LogP contribution in [0.1, 0.15) is 30.9 Å². The van der Waals surface area contributed by atoms with E-state index in [1.807, 2.05) is 13.8 Å². The van der Waals surface area contributed by atoms with Crippen LogP contribution in [0.4, 0.5) is 11.4 Å². The van der Waals surface area contributed by atoms with Crippen LogP contribution in [0.25, 0.3) is 0 Å². The lowest BCUT2D eigenvalue weighted by molar-refractivity contribution is 0.407. The Labute approximate surface area is 199 Å². The minimum atomic E-state index is -3.89. The minimum absolute atomic E-state index is 0.0173. The standard InChI is InChI=1S/C23H25ClN2O5S2/c1-15(2)21-14-20(11-12-23(21)31-4)33(29,30)25-18-7-9-19(10-8-18)32(27,28)26-22-13-17(24)6-5-16(22)3/h5-15,25-26H,1-4H3. The van der Waals surface area contributed by atoms with E-state index in [9.17, 15) is 16.8 Å². The van der Waals surface area contributed by atoms with E-state index in [1.165, 1.54) is 43.5 Å². The number of sulfonamides is 2. The van der Waals surface area contributed by atoms with Gasteiger partial charge in [-0.25, -0.2) is 16.8 Å². The van der Waals surface area contributed by atoms with E-state index < -0.39 is 20.0 Å². The van der Waals surface area contributed by atoms with Gasteiger partial charge in [-0.05, 0) is 78.6 Å². The van der Waals surface area contributed by atoms with Crippen molar-refractivity contribution in [1.82, 2.24) is 0 Å². The van der Waals surface area contributed by atoms with Gasteiger partial charge in [-0.3, -0.25) is 9.44 Å². The number of hydrogen-bond donors (Lipinski definition) is 2. The molecule has 10 heteroatoms. The summed E-state index contributed by atoms with van der Waals surface area (Å²) in [5.74, 6) is 0.677. The Morgan fingerprint density at radius 3 is 2.03 bits per heavy atom.